The maximum atomic E-state index is 13.6. The minimum atomic E-state index is -1.30. The number of Topliss-reactive ketones (excluding diaryl/α,β-unsaturated/α-hetero) is 1. The number of ether oxygens (including phenoxy) is 3. The van der Waals surface area contributed by atoms with Crippen molar-refractivity contribution in [2.24, 2.45) is 0 Å². The van der Waals surface area contributed by atoms with Crippen LogP contribution in [0.3, 0.4) is 0 Å². The van der Waals surface area contributed by atoms with Crippen molar-refractivity contribution in [2.45, 2.75) is 12.2 Å². The van der Waals surface area contributed by atoms with E-state index in [1.807, 2.05) is 24.3 Å². The highest BCUT2D eigenvalue weighted by Crippen LogP contribution is 2.39. The zero-order valence-electron chi connectivity index (χ0n) is 18.6. The number of para-hydroxylation sites is 1. The Balaban J connectivity index is 2.04. The third-order valence-corrected chi connectivity index (χ3v) is 6.22. The summed E-state index contributed by atoms with van der Waals surface area (Å²) in [5.74, 6) is 0.731. The molecule has 4 N–H and O–H groups in total. The Labute approximate surface area is 195 Å². The lowest BCUT2D eigenvalue weighted by Gasteiger charge is -2.17. The number of aromatic nitrogens is 1. The molecular formula is C24H27NO7S. The fraction of sp³-hybridized carbons (Fsp3) is 0.292. The SMILES string of the molecule is COc1cc(C(=O)/C(=C/c2c[nH]c3ccccc23)SCC(O)C(O)CO)cc(OC)c1OC. The van der Waals surface area contributed by atoms with Gasteiger partial charge in [-0.1, -0.05) is 18.2 Å². The first-order valence-corrected chi connectivity index (χ1v) is 11.1. The summed E-state index contributed by atoms with van der Waals surface area (Å²) in [7, 11) is 4.42. The molecule has 3 rings (SSSR count). The number of carbonyl (C=O) groups excluding carboxylic acids is 1. The summed E-state index contributed by atoms with van der Waals surface area (Å²) in [5.41, 5.74) is 2.02. The molecule has 0 radical (unpaired) electrons. The van der Waals surface area contributed by atoms with Crippen molar-refractivity contribution in [3.63, 3.8) is 0 Å². The second-order valence-electron chi connectivity index (χ2n) is 7.17. The fourth-order valence-electron chi connectivity index (χ4n) is 3.29. The molecule has 1 aromatic heterocycles. The van der Waals surface area contributed by atoms with E-state index >= 15 is 0 Å². The molecule has 2 atom stereocenters. The summed E-state index contributed by atoms with van der Waals surface area (Å²) in [6.07, 6.45) is 1.02. The van der Waals surface area contributed by atoms with Crippen LogP contribution in [0, 0.1) is 0 Å². The average molecular weight is 474 g/mol. The Kier molecular flexibility index (Phi) is 8.40. The van der Waals surface area contributed by atoms with Crippen molar-refractivity contribution >= 4 is 34.5 Å². The number of ketones is 1. The molecule has 3 aromatic rings. The highest BCUT2D eigenvalue weighted by molar-refractivity contribution is 8.04. The highest BCUT2D eigenvalue weighted by atomic mass is 32.2. The quantitative estimate of drug-likeness (QED) is 0.248. The Morgan fingerprint density at radius 1 is 1.06 bits per heavy atom. The van der Waals surface area contributed by atoms with Gasteiger partial charge in [0.15, 0.2) is 17.3 Å². The predicted octanol–water partition coefficient (Wildman–Crippen LogP) is 2.86. The van der Waals surface area contributed by atoms with Crippen LogP contribution in [0.2, 0.25) is 0 Å². The minimum absolute atomic E-state index is 0.00603. The Bertz CT molecular complexity index is 1120. The van der Waals surface area contributed by atoms with Crippen LogP contribution in [0.25, 0.3) is 17.0 Å². The van der Waals surface area contributed by atoms with Crippen LogP contribution in [0.4, 0.5) is 0 Å². The second kappa shape index (κ2) is 11.2. The largest absolute Gasteiger partial charge is 0.493 e. The summed E-state index contributed by atoms with van der Waals surface area (Å²) in [6, 6.07) is 10.8. The van der Waals surface area contributed by atoms with Crippen LogP contribution in [0.1, 0.15) is 15.9 Å². The number of aromatic amines is 1. The van der Waals surface area contributed by atoms with Crippen LogP contribution in [-0.4, -0.2) is 72.0 Å². The molecule has 0 saturated carbocycles. The number of benzene rings is 2. The molecule has 0 bridgehead atoms. The van der Waals surface area contributed by atoms with Crippen LogP contribution >= 0.6 is 11.8 Å². The van der Waals surface area contributed by atoms with E-state index in [9.17, 15) is 15.0 Å². The molecule has 9 heteroatoms. The number of carbonyl (C=O) groups is 1. The number of hydrogen-bond acceptors (Lipinski definition) is 8. The van der Waals surface area contributed by atoms with E-state index in [1.165, 1.54) is 21.3 Å². The molecule has 33 heavy (non-hydrogen) atoms. The smallest absolute Gasteiger partial charge is 0.203 e. The Morgan fingerprint density at radius 2 is 1.73 bits per heavy atom. The number of fused-ring (bicyclic) bond motifs is 1. The fourth-order valence-corrected chi connectivity index (χ4v) is 4.32. The van der Waals surface area contributed by atoms with Crippen LogP contribution < -0.4 is 14.2 Å². The molecule has 0 fully saturated rings. The van der Waals surface area contributed by atoms with Crippen molar-refractivity contribution in [1.82, 2.24) is 4.98 Å². The number of aliphatic hydroxyl groups excluding tert-OH is 3. The molecule has 2 unspecified atom stereocenters. The van der Waals surface area contributed by atoms with Crippen molar-refractivity contribution in [1.29, 1.82) is 0 Å². The van der Waals surface area contributed by atoms with Gasteiger partial charge in [0.1, 0.15) is 6.10 Å². The van der Waals surface area contributed by atoms with E-state index in [-0.39, 0.29) is 11.5 Å². The van der Waals surface area contributed by atoms with Gasteiger partial charge < -0.3 is 34.5 Å². The van der Waals surface area contributed by atoms with Gasteiger partial charge in [-0.15, -0.1) is 11.8 Å². The molecule has 176 valence electrons. The number of allylic oxidation sites excluding steroid dienone is 1. The third kappa shape index (κ3) is 5.51. The molecular weight excluding hydrogens is 446 g/mol. The first kappa shape index (κ1) is 24.7. The van der Waals surface area contributed by atoms with Crippen molar-refractivity contribution in [3.05, 3.63) is 58.6 Å². The predicted molar refractivity (Wildman–Crippen MR) is 128 cm³/mol. The molecule has 2 aromatic carbocycles. The number of nitrogens with one attached hydrogen (secondary N) is 1. The van der Waals surface area contributed by atoms with Crippen molar-refractivity contribution < 1.29 is 34.3 Å². The van der Waals surface area contributed by atoms with Gasteiger partial charge in [-0.25, -0.2) is 0 Å². The Hall–Kier alpha value is -2.98. The monoisotopic (exact) mass is 473 g/mol. The lowest BCUT2D eigenvalue weighted by atomic mass is 10.1. The first-order chi connectivity index (χ1) is 15.9. The number of aliphatic hydroxyl groups is 3. The molecule has 0 saturated heterocycles. The summed E-state index contributed by atoms with van der Waals surface area (Å²) >= 11 is 1.08. The minimum Gasteiger partial charge on any atom is -0.493 e. The zero-order chi connectivity index (χ0) is 24.0. The van der Waals surface area contributed by atoms with Gasteiger partial charge in [0, 0.05) is 34.0 Å². The van der Waals surface area contributed by atoms with E-state index in [0.29, 0.717) is 27.7 Å². The maximum absolute atomic E-state index is 13.6. The van der Waals surface area contributed by atoms with Crippen LogP contribution in [0.15, 0.2) is 47.5 Å². The number of rotatable bonds is 11. The van der Waals surface area contributed by atoms with E-state index in [4.69, 9.17) is 19.3 Å². The lowest BCUT2D eigenvalue weighted by Crippen LogP contribution is -2.31. The van der Waals surface area contributed by atoms with E-state index in [2.05, 4.69) is 4.98 Å². The topological polar surface area (TPSA) is 121 Å². The summed E-state index contributed by atoms with van der Waals surface area (Å²) in [6.45, 7) is -0.579. The summed E-state index contributed by atoms with van der Waals surface area (Å²) in [5, 5.41) is 29.9. The van der Waals surface area contributed by atoms with Crippen molar-refractivity contribution in [3.8, 4) is 17.2 Å². The molecule has 0 aliphatic carbocycles. The zero-order valence-corrected chi connectivity index (χ0v) is 19.4. The molecule has 0 amide bonds. The van der Waals surface area contributed by atoms with Gasteiger partial charge in [0.05, 0.1) is 38.9 Å². The standard InChI is InChI=1S/C24H27NO7S/c1-30-20-8-14(9-21(31-2)24(20)32-3)23(29)22(33-13-19(28)18(27)12-26)10-15-11-25-17-7-5-4-6-16(15)17/h4-11,18-19,25-28H,12-13H2,1-3H3/b22-10-. The van der Waals surface area contributed by atoms with Gasteiger partial charge in [0.25, 0.3) is 0 Å². The lowest BCUT2D eigenvalue weighted by molar-refractivity contribution is -0.00185. The van der Waals surface area contributed by atoms with Gasteiger partial charge in [-0.05, 0) is 24.3 Å². The van der Waals surface area contributed by atoms with E-state index in [0.717, 1.165) is 28.2 Å². The maximum Gasteiger partial charge on any atom is 0.203 e. The summed E-state index contributed by atoms with van der Waals surface area (Å²) < 4.78 is 16.1. The van der Waals surface area contributed by atoms with Gasteiger partial charge in [0.2, 0.25) is 5.75 Å². The van der Waals surface area contributed by atoms with Crippen LogP contribution in [-0.2, 0) is 0 Å². The Morgan fingerprint density at radius 3 is 2.33 bits per heavy atom. The third-order valence-electron chi connectivity index (χ3n) is 5.10. The molecule has 1 heterocycles. The number of H-pyrrole nitrogens is 1. The van der Waals surface area contributed by atoms with Gasteiger partial charge in [-0.3, -0.25) is 4.79 Å². The second-order valence-corrected chi connectivity index (χ2v) is 8.23. The first-order valence-electron chi connectivity index (χ1n) is 10.2. The number of methoxy groups -OCH3 is 3. The molecule has 0 aliphatic heterocycles. The van der Waals surface area contributed by atoms with Crippen molar-refractivity contribution in [2.75, 3.05) is 33.7 Å². The average Bonchev–Trinajstić information content (AvgIpc) is 3.26. The van der Waals surface area contributed by atoms with Gasteiger partial charge in [-0.2, -0.15) is 0 Å². The molecule has 8 nitrogen and oxygen atoms in total. The molecule has 0 spiro atoms. The highest BCUT2D eigenvalue weighted by Gasteiger charge is 2.23. The molecule has 0 aliphatic rings. The normalized spacial score (nSPS) is 13.6. The van der Waals surface area contributed by atoms with Crippen LogP contribution in [0.5, 0.6) is 17.2 Å². The van der Waals surface area contributed by atoms with Gasteiger partial charge >= 0.3 is 0 Å². The number of hydrogen-bond donors (Lipinski definition) is 4. The summed E-state index contributed by atoms with van der Waals surface area (Å²) in [4.78, 5) is 17.1. The van der Waals surface area contributed by atoms with E-state index < -0.39 is 18.8 Å². The number of thioether (sulfide) groups is 1. The van der Waals surface area contributed by atoms with E-state index in [1.54, 1.807) is 24.4 Å².